The van der Waals surface area contributed by atoms with Gasteiger partial charge in [-0.3, -0.25) is 4.57 Å². The van der Waals surface area contributed by atoms with Crippen LogP contribution in [0.4, 0.5) is 0 Å². The molecule has 0 fully saturated rings. The molecule has 10 rings (SSSR count). The Kier molecular flexibility index (Phi) is 7.89. The summed E-state index contributed by atoms with van der Waals surface area (Å²) in [7, 11) is -2.94. The van der Waals surface area contributed by atoms with Crippen molar-refractivity contribution in [2.45, 2.75) is 6.61 Å². The molecule has 0 unspecified atom stereocenters. The van der Waals surface area contributed by atoms with E-state index in [0.717, 1.165) is 27.8 Å². The van der Waals surface area contributed by atoms with Gasteiger partial charge in [-0.05, 0) is 78.4 Å². The summed E-state index contributed by atoms with van der Waals surface area (Å²) in [6, 6.07) is 76.3. The number of hydrogen-bond donors (Lipinski definition) is 0. The summed E-state index contributed by atoms with van der Waals surface area (Å²) in [5.41, 5.74) is 11.4. The molecule has 4 heteroatoms. The normalized spacial score (nSPS) is 12.1. The second-order valence-corrected chi connectivity index (χ2v) is 17.8. The summed E-state index contributed by atoms with van der Waals surface area (Å²) >= 11 is 0. The zero-order chi connectivity index (χ0) is 35.9. The highest BCUT2D eigenvalue weighted by atomic mass is 28.3. The van der Waals surface area contributed by atoms with E-state index in [1.807, 2.05) is 12.1 Å². The molecule has 54 heavy (non-hydrogen) atoms. The molecule has 0 bridgehead atoms. The first-order valence-electron chi connectivity index (χ1n) is 18.5. The Morgan fingerprint density at radius 3 is 1.57 bits per heavy atom. The van der Waals surface area contributed by atoms with Crippen molar-refractivity contribution in [3.8, 4) is 45.1 Å². The quantitative estimate of drug-likeness (QED) is 0.122. The molecule has 2 heterocycles. The zero-order valence-corrected chi connectivity index (χ0v) is 30.6. The summed E-state index contributed by atoms with van der Waals surface area (Å²) < 4.78 is 8.29. The number of ether oxygens (including phenoxy) is 1. The Labute approximate surface area is 316 Å². The third-order valence-corrected chi connectivity index (χ3v) is 15.6. The van der Waals surface area contributed by atoms with Gasteiger partial charge in [0.25, 0.3) is 0 Å². The highest BCUT2D eigenvalue weighted by molar-refractivity contribution is 7.20. The van der Waals surface area contributed by atoms with Crippen molar-refractivity contribution >= 4 is 39.9 Å². The number of fused-ring (bicyclic) bond motifs is 5. The Morgan fingerprint density at radius 1 is 0.407 bits per heavy atom. The number of nitrogens with zero attached hydrogens (tertiary/aromatic N) is 2. The van der Waals surface area contributed by atoms with Gasteiger partial charge in [0.2, 0.25) is 0 Å². The van der Waals surface area contributed by atoms with Gasteiger partial charge in [0.05, 0.1) is 16.7 Å². The average molecular weight is 709 g/mol. The van der Waals surface area contributed by atoms with Gasteiger partial charge in [-0.2, -0.15) is 4.98 Å². The number of benzene rings is 8. The largest absolute Gasteiger partial charge is 0.459 e. The first-order valence-corrected chi connectivity index (χ1v) is 20.5. The monoisotopic (exact) mass is 708 g/mol. The van der Waals surface area contributed by atoms with Crippen LogP contribution in [-0.2, 0) is 6.61 Å². The topological polar surface area (TPSA) is 27.1 Å². The minimum atomic E-state index is -2.94. The Balaban J connectivity index is 1.23. The van der Waals surface area contributed by atoms with Gasteiger partial charge >= 0.3 is 6.01 Å². The molecule has 3 nitrogen and oxygen atoms in total. The lowest BCUT2D eigenvalue weighted by molar-refractivity contribution is 0.266. The first kappa shape index (κ1) is 31.9. The summed E-state index contributed by atoms with van der Waals surface area (Å²) in [5, 5.41) is 5.36. The van der Waals surface area contributed by atoms with E-state index < -0.39 is 8.07 Å². The molecule has 0 aliphatic carbocycles. The van der Waals surface area contributed by atoms with Gasteiger partial charge < -0.3 is 4.74 Å². The van der Waals surface area contributed by atoms with Crippen LogP contribution in [0, 0.1) is 0 Å². The molecule has 0 saturated heterocycles. The van der Waals surface area contributed by atoms with E-state index in [9.17, 15) is 0 Å². The Bertz CT molecular complexity index is 2660. The minimum Gasteiger partial charge on any atom is -0.459 e. The maximum absolute atomic E-state index is 6.13. The van der Waals surface area contributed by atoms with Crippen LogP contribution in [0.3, 0.4) is 0 Å². The molecule has 1 aliphatic heterocycles. The lowest BCUT2D eigenvalue weighted by Crippen LogP contribution is -2.74. The van der Waals surface area contributed by atoms with Crippen molar-refractivity contribution in [3.05, 3.63) is 212 Å². The third-order valence-electron chi connectivity index (χ3n) is 10.8. The van der Waals surface area contributed by atoms with E-state index in [-0.39, 0.29) is 0 Å². The van der Waals surface area contributed by atoms with Crippen LogP contribution in [0.2, 0.25) is 0 Å². The molecule has 1 aromatic heterocycles. The van der Waals surface area contributed by atoms with Gasteiger partial charge in [-0.25, -0.2) is 0 Å². The van der Waals surface area contributed by atoms with Crippen molar-refractivity contribution in [1.29, 1.82) is 0 Å². The molecular weight excluding hydrogens is 673 g/mol. The lowest BCUT2D eigenvalue weighted by Gasteiger charge is -2.35. The van der Waals surface area contributed by atoms with Crippen LogP contribution in [0.1, 0.15) is 5.56 Å². The van der Waals surface area contributed by atoms with E-state index >= 15 is 0 Å². The summed E-state index contributed by atoms with van der Waals surface area (Å²) in [6.07, 6.45) is 0. The molecule has 0 spiro atoms. The zero-order valence-electron chi connectivity index (χ0n) is 29.6. The van der Waals surface area contributed by atoms with Gasteiger partial charge in [-0.1, -0.05) is 182 Å². The molecule has 0 saturated carbocycles. The van der Waals surface area contributed by atoms with E-state index in [1.54, 1.807) is 0 Å². The minimum absolute atomic E-state index is 0.499. The van der Waals surface area contributed by atoms with Crippen LogP contribution in [0.25, 0.3) is 50.1 Å². The molecule has 0 amide bonds. The molecular formula is C50H36N2OSi. The highest BCUT2D eigenvalue weighted by Crippen LogP contribution is 2.35. The molecule has 256 valence electrons. The van der Waals surface area contributed by atoms with Crippen LogP contribution in [0.5, 0.6) is 6.01 Å². The fourth-order valence-corrected chi connectivity index (χ4v) is 13.1. The fraction of sp³-hybridized carbons (Fsp3) is 0.0200. The molecule has 0 atom stereocenters. The second-order valence-electron chi connectivity index (χ2n) is 13.9. The van der Waals surface area contributed by atoms with Crippen molar-refractivity contribution < 1.29 is 4.74 Å². The van der Waals surface area contributed by atoms with Crippen molar-refractivity contribution in [2.75, 3.05) is 0 Å². The lowest BCUT2D eigenvalue weighted by atomic mass is 9.99. The van der Waals surface area contributed by atoms with Crippen molar-refractivity contribution in [2.24, 2.45) is 0 Å². The second kappa shape index (κ2) is 13.3. The number of para-hydroxylation sites is 2. The maximum Gasteiger partial charge on any atom is 0.302 e. The molecule has 0 radical (unpaired) electrons. The van der Waals surface area contributed by atoms with Crippen LogP contribution < -0.4 is 25.5 Å². The van der Waals surface area contributed by atoms with Crippen LogP contribution in [0.15, 0.2) is 206 Å². The van der Waals surface area contributed by atoms with E-state index in [2.05, 4.69) is 199 Å². The smallest absolute Gasteiger partial charge is 0.302 e. The molecule has 0 N–H and O–H groups in total. The van der Waals surface area contributed by atoms with Crippen molar-refractivity contribution in [1.82, 2.24) is 9.55 Å². The summed E-state index contributed by atoms with van der Waals surface area (Å²) in [5.74, 6) is 0. The predicted octanol–water partition coefficient (Wildman–Crippen LogP) is 9.30. The number of rotatable bonds is 7. The first-order chi connectivity index (χ1) is 26.8. The number of imidazole rings is 1. The number of hydrogen-bond acceptors (Lipinski definition) is 2. The van der Waals surface area contributed by atoms with E-state index in [1.165, 1.54) is 48.6 Å². The SMILES string of the molecule is c1ccc(-c2cc(-c3ccccc3)cc([Si](c3ccccc3)(c3ccccc3)c3cccc(-c4ccc5c(c4)-n4c(nc6ccccc64)OC5)c3)c2)cc1. The average Bonchev–Trinajstić information content (AvgIpc) is 3.65. The molecule has 8 aromatic carbocycles. The van der Waals surface area contributed by atoms with E-state index in [4.69, 9.17) is 9.72 Å². The molecule has 9 aromatic rings. The predicted molar refractivity (Wildman–Crippen MR) is 225 cm³/mol. The van der Waals surface area contributed by atoms with Crippen LogP contribution in [-0.4, -0.2) is 17.6 Å². The standard InChI is InChI=1S/C50H36N2OSi/c1-5-16-36(17-6-1)41-30-42(37-18-7-2-8-19-37)33-46(32-41)54(43-21-9-3-10-22-43,44-23-11-4-12-24-44)45-25-15-20-38(31-45)39-28-29-40-35-53-50-51-47-26-13-14-27-48(47)52(50)49(40)34-39/h1-34H,35H2. The van der Waals surface area contributed by atoms with Crippen molar-refractivity contribution in [3.63, 3.8) is 0 Å². The van der Waals surface area contributed by atoms with Gasteiger partial charge in [-0.15, -0.1) is 0 Å². The van der Waals surface area contributed by atoms with Gasteiger partial charge in [0, 0.05) is 5.56 Å². The Hall–Kier alpha value is -6.75. The highest BCUT2D eigenvalue weighted by Gasteiger charge is 2.42. The summed E-state index contributed by atoms with van der Waals surface area (Å²) in [6.45, 7) is 0.499. The third kappa shape index (κ3) is 5.39. The summed E-state index contributed by atoms with van der Waals surface area (Å²) in [4.78, 5) is 4.81. The Morgan fingerprint density at radius 2 is 0.926 bits per heavy atom. The van der Waals surface area contributed by atoms with Gasteiger partial charge in [0.1, 0.15) is 6.61 Å². The van der Waals surface area contributed by atoms with E-state index in [0.29, 0.717) is 12.6 Å². The fourth-order valence-electron chi connectivity index (χ4n) is 8.30. The maximum atomic E-state index is 6.13. The molecule has 1 aliphatic rings. The van der Waals surface area contributed by atoms with Gasteiger partial charge in [0.15, 0.2) is 8.07 Å². The van der Waals surface area contributed by atoms with Crippen LogP contribution >= 0.6 is 0 Å². The number of aromatic nitrogens is 2.